The highest BCUT2D eigenvalue weighted by atomic mass is 16.6. The fourth-order valence-corrected chi connectivity index (χ4v) is 2.48. The molecule has 2 rings (SSSR count). The number of aromatic hydroxyl groups is 1. The Morgan fingerprint density at radius 1 is 1.40 bits per heavy atom. The number of aryl methyl sites for hydroxylation is 1. The van der Waals surface area contributed by atoms with Gasteiger partial charge in [0.25, 0.3) is 5.91 Å². The Bertz CT molecular complexity index is 856. The number of hydrogen-bond donors (Lipinski definition) is 2. The number of benzene rings is 1. The molecule has 9 heteroatoms. The van der Waals surface area contributed by atoms with Gasteiger partial charge in [-0.15, -0.1) is 0 Å². The van der Waals surface area contributed by atoms with Gasteiger partial charge in [-0.25, -0.2) is 5.43 Å². The molecule has 2 N–H and O–H groups in total. The van der Waals surface area contributed by atoms with Gasteiger partial charge in [0.05, 0.1) is 10.6 Å². The summed E-state index contributed by atoms with van der Waals surface area (Å²) in [5.41, 5.74) is 3.77. The van der Waals surface area contributed by atoms with Gasteiger partial charge in [-0.05, 0) is 39.8 Å². The number of nitro groups is 1. The van der Waals surface area contributed by atoms with E-state index in [1.54, 1.807) is 39.0 Å². The molecule has 0 aliphatic rings. The summed E-state index contributed by atoms with van der Waals surface area (Å²) >= 11 is 0. The van der Waals surface area contributed by atoms with E-state index >= 15 is 0 Å². The van der Waals surface area contributed by atoms with Crippen molar-refractivity contribution < 1.29 is 14.8 Å². The van der Waals surface area contributed by atoms with Crippen LogP contribution >= 0.6 is 0 Å². The number of nitrogens with one attached hydrogen (secondary N) is 1. The maximum absolute atomic E-state index is 12.3. The molecule has 0 unspecified atom stereocenters. The minimum absolute atomic E-state index is 0.0558. The molecule has 25 heavy (non-hydrogen) atoms. The second kappa shape index (κ2) is 7.12. The first-order valence-corrected chi connectivity index (χ1v) is 7.56. The Balaban J connectivity index is 2.19. The fourth-order valence-electron chi connectivity index (χ4n) is 2.48. The molecule has 1 aromatic heterocycles. The van der Waals surface area contributed by atoms with E-state index in [0.717, 1.165) is 0 Å². The molecule has 132 valence electrons. The third-order valence-electron chi connectivity index (χ3n) is 3.84. The van der Waals surface area contributed by atoms with Gasteiger partial charge in [-0.3, -0.25) is 19.6 Å². The van der Waals surface area contributed by atoms with Crippen LogP contribution in [-0.2, 0) is 4.79 Å². The molecule has 1 aromatic carbocycles. The number of carbonyl (C=O) groups is 1. The van der Waals surface area contributed by atoms with Crippen molar-refractivity contribution in [2.45, 2.75) is 33.7 Å². The van der Waals surface area contributed by atoms with Gasteiger partial charge in [0.1, 0.15) is 23.2 Å². The quantitative estimate of drug-likeness (QED) is 0.488. The summed E-state index contributed by atoms with van der Waals surface area (Å²) < 4.78 is 1.30. The second-order valence-corrected chi connectivity index (χ2v) is 5.59. The van der Waals surface area contributed by atoms with Gasteiger partial charge in [0, 0.05) is 5.56 Å². The Morgan fingerprint density at radius 2 is 2.04 bits per heavy atom. The van der Waals surface area contributed by atoms with Gasteiger partial charge >= 0.3 is 5.69 Å². The van der Waals surface area contributed by atoms with Crippen LogP contribution in [0.5, 0.6) is 5.75 Å². The van der Waals surface area contributed by atoms with Crippen molar-refractivity contribution in [1.82, 2.24) is 15.2 Å². The van der Waals surface area contributed by atoms with Crippen molar-refractivity contribution in [2.75, 3.05) is 0 Å². The number of phenols is 1. The topological polar surface area (TPSA) is 123 Å². The summed E-state index contributed by atoms with van der Waals surface area (Å²) in [4.78, 5) is 22.8. The molecule has 0 spiro atoms. The Morgan fingerprint density at radius 3 is 2.60 bits per heavy atom. The highest BCUT2D eigenvalue weighted by molar-refractivity contribution is 6.01. The van der Waals surface area contributed by atoms with E-state index in [9.17, 15) is 20.0 Å². The number of nitrogens with zero attached hydrogens (tertiary/aromatic N) is 4. The normalized spacial score (nSPS) is 12.7. The minimum Gasteiger partial charge on any atom is -0.507 e. The molecule has 0 saturated heterocycles. The van der Waals surface area contributed by atoms with E-state index in [0.29, 0.717) is 17.0 Å². The summed E-state index contributed by atoms with van der Waals surface area (Å²) in [6.45, 7) is 6.28. The average Bonchev–Trinajstić information content (AvgIpc) is 2.86. The summed E-state index contributed by atoms with van der Waals surface area (Å²) in [7, 11) is 0. The van der Waals surface area contributed by atoms with E-state index in [4.69, 9.17) is 0 Å². The number of amides is 1. The molecule has 2 aromatic rings. The molecule has 0 aliphatic carbocycles. The largest absolute Gasteiger partial charge is 0.507 e. The van der Waals surface area contributed by atoms with Gasteiger partial charge in [0.15, 0.2) is 0 Å². The molecule has 0 radical (unpaired) electrons. The molecule has 0 aliphatic heterocycles. The third kappa shape index (κ3) is 3.65. The van der Waals surface area contributed by atoms with Gasteiger partial charge < -0.3 is 5.11 Å². The van der Waals surface area contributed by atoms with Crippen LogP contribution in [0.3, 0.4) is 0 Å². The lowest BCUT2D eigenvalue weighted by molar-refractivity contribution is -0.386. The lowest BCUT2D eigenvalue weighted by Crippen LogP contribution is -2.29. The maximum Gasteiger partial charge on any atom is 0.312 e. The van der Waals surface area contributed by atoms with Crippen molar-refractivity contribution in [3.8, 4) is 5.75 Å². The van der Waals surface area contributed by atoms with Crippen molar-refractivity contribution in [1.29, 1.82) is 0 Å². The van der Waals surface area contributed by atoms with E-state index in [2.05, 4.69) is 15.6 Å². The number of aromatic nitrogens is 2. The van der Waals surface area contributed by atoms with Gasteiger partial charge in [0.2, 0.25) is 0 Å². The van der Waals surface area contributed by atoms with Crippen LogP contribution in [0.4, 0.5) is 5.69 Å². The first-order chi connectivity index (χ1) is 11.7. The molecule has 0 bridgehead atoms. The first kappa shape index (κ1) is 18.1. The summed E-state index contributed by atoms with van der Waals surface area (Å²) in [6.07, 6.45) is 0. The van der Waals surface area contributed by atoms with Crippen LogP contribution in [-0.4, -0.2) is 31.4 Å². The monoisotopic (exact) mass is 345 g/mol. The number of para-hydroxylation sites is 1. The highest BCUT2D eigenvalue weighted by Gasteiger charge is 2.27. The van der Waals surface area contributed by atoms with Crippen LogP contribution in [0.15, 0.2) is 29.4 Å². The Hall–Kier alpha value is -3.23. The first-order valence-electron chi connectivity index (χ1n) is 7.56. The summed E-state index contributed by atoms with van der Waals surface area (Å²) in [5, 5.41) is 28.9. The van der Waals surface area contributed by atoms with Crippen LogP contribution in [0.1, 0.15) is 36.8 Å². The van der Waals surface area contributed by atoms with Crippen molar-refractivity contribution in [3.05, 3.63) is 51.3 Å². The number of hydrazone groups is 1. The zero-order valence-electron chi connectivity index (χ0n) is 14.3. The zero-order valence-corrected chi connectivity index (χ0v) is 14.3. The van der Waals surface area contributed by atoms with E-state index < -0.39 is 16.9 Å². The molecule has 9 nitrogen and oxygen atoms in total. The van der Waals surface area contributed by atoms with Gasteiger partial charge in [-0.2, -0.15) is 10.2 Å². The number of hydrogen-bond acceptors (Lipinski definition) is 6. The third-order valence-corrected chi connectivity index (χ3v) is 3.84. The van der Waals surface area contributed by atoms with Gasteiger partial charge in [-0.1, -0.05) is 12.1 Å². The minimum atomic E-state index is -0.784. The summed E-state index contributed by atoms with van der Waals surface area (Å²) in [5.74, 6) is -0.421. The molecule has 1 amide bonds. The Labute approximate surface area is 144 Å². The lowest BCUT2D eigenvalue weighted by atomic mass is 10.1. The van der Waals surface area contributed by atoms with E-state index in [-0.39, 0.29) is 17.1 Å². The lowest BCUT2D eigenvalue weighted by Gasteiger charge is -2.12. The Kier molecular flexibility index (Phi) is 5.16. The number of phenolic OH excluding ortho intramolecular Hbond substituents is 1. The number of carbonyl (C=O) groups excluding carboxylic acids is 1. The molecule has 1 atom stereocenters. The zero-order chi connectivity index (χ0) is 18.7. The highest BCUT2D eigenvalue weighted by Crippen LogP contribution is 2.24. The summed E-state index contributed by atoms with van der Waals surface area (Å²) in [6, 6.07) is 5.84. The van der Waals surface area contributed by atoms with Crippen molar-refractivity contribution in [2.24, 2.45) is 5.10 Å². The van der Waals surface area contributed by atoms with Crippen LogP contribution in [0, 0.1) is 24.0 Å². The fraction of sp³-hybridized carbons (Fsp3) is 0.312. The smallest absolute Gasteiger partial charge is 0.312 e. The van der Waals surface area contributed by atoms with Crippen LogP contribution in [0.2, 0.25) is 0 Å². The number of rotatable bonds is 5. The second-order valence-electron chi connectivity index (χ2n) is 5.59. The predicted molar refractivity (Wildman–Crippen MR) is 91.5 cm³/mol. The maximum atomic E-state index is 12.3. The van der Waals surface area contributed by atoms with Crippen molar-refractivity contribution >= 4 is 17.3 Å². The SMILES string of the molecule is C/C(=N\NC(=O)[C@H](C)n1nc(C)c([N+](=O)[O-])c1C)c1ccccc1O. The van der Waals surface area contributed by atoms with Crippen LogP contribution in [0.25, 0.3) is 0 Å². The molecular formula is C16H19N5O4. The molecule has 0 fully saturated rings. The van der Waals surface area contributed by atoms with E-state index in [1.165, 1.54) is 17.7 Å². The van der Waals surface area contributed by atoms with Crippen molar-refractivity contribution in [3.63, 3.8) is 0 Å². The molecular weight excluding hydrogens is 326 g/mol. The molecule has 0 saturated carbocycles. The van der Waals surface area contributed by atoms with Crippen LogP contribution < -0.4 is 5.43 Å². The van der Waals surface area contributed by atoms with E-state index in [1.807, 2.05) is 0 Å². The average molecular weight is 345 g/mol. The standard InChI is InChI=1S/C16H19N5O4/c1-9(13-7-5-6-8-14(13)22)17-18-16(23)12(4)20-11(3)15(21(24)25)10(2)19-20/h5-8,12,22H,1-4H3,(H,18,23)/b17-9+/t12-/m0/s1. The predicted octanol–water partition coefficient (Wildman–Crippen LogP) is 2.22. The molecule has 1 heterocycles.